The summed E-state index contributed by atoms with van der Waals surface area (Å²) in [7, 11) is 3.22. The lowest BCUT2D eigenvalue weighted by atomic mass is 10.2. The molecule has 9 nitrogen and oxygen atoms in total. The van der Waals surface area contributed by atoms with E-state index < -0.39 is 0 Å². The SMILES string of the molecule is COCCn1c(C)nc2c(c1=O)c1nc3ccccc3nc1n2N=Cc1cccc(OC)c1. The molecule has 0 N–H and O–H groups in total. The highest BCUT2D eigenvalue weighted by molar-refractivity contribution is 6.05. The maximum Gasteiger partial charge on any atom is 0.265 e. The van der Waals surface area contributed by atoms with E-state index in [2.05, 4.69) is 5.10 Å². The Morgan fingerprint density at radius 2 is 1.79 bits per heavy atom. The molecule has 0 aliphatic carbocycles. The van der Waals surface area contributed by atoms with Crippen LogP contribution in [0.15, 0.2) is 58.4 Å². The van der Waals surface area contributed by atoms with E-state index in [1.54, 1.807) is 36.6 Å². The molecular weight excluding hydrogens is 420 g/mol. The van der Waals surface area contributed by atoms with Crippen LogP contribution in [-0.2, 0) is 11.3 Å². The Morgan fingerprint density at radius 3 is 2.55 bits per heavy atom. The molecule has 3 heterocycles. The maximum atomic E-state index is 13.5. The molecule has 0 saturated carbocycles. The molecule has 166 valence electrons. The molecule has 0 saturated heterocycles. The summed E-state index contributed by atoms with van der Waals surface area (Å²) in [6.07, 6.45) is 1.69. The van der Waals surface area contributed by atoms with Gasteiger partial charge in [0.2, 0.25) is 0 Å². The van der Waals surface area contributed by atoms with Gasteiger partial charge in [0.15, 0.2) is 11.3 Å². The summed E-state index contributed by atoms with van der Waals surface area (Å²) in [4.78, 5) is 27.7. The molecule has 33 heavy (non-hydrogen) atoms. The number of aromatic nitrogens is 5. The normalized spacial score (nSPS) is 11.8. The predicted molar refractivity (Wildman–Crippen MR) is 127 cm³/mol. The number of aryl methyl sites for hydroxylation is 1. The van der Waals surface area contributed by atoms with E-state index in [0.29, 0.717) is 52.2 Å². The fourth-order valence-electron chi connectivity index (χ4n) is 3.82. The van der Waals surface area contributed by atoms with Crippen molar-refractivity contribution in [2.24, 2.45) is 5.10 Å². The van der Waals surface area contributed by atoms with Crippen LogP contribution in [0.2, 0.25) is 0 Å². The molecule has 9 heteroatoms. The molecular formula is C24H22N6O3. The first-order valence-corrected chi connectivity index (χ1v) is 10.5. The molecule has 0 spiro atoms. The van der Waals surface area contributed by atoms with Crippen molar-refractivity contribution in [3.8, 4) is 5.75 Å². The van der Waals surface area contributed by atoms with Gasteiger partial charge in [0, 0.05) is 7.11 Å². The lowest BCUT2D eigenvalue weighted by molar-refractivity contribution is 0.185. The summed E-state index contributed by atoms with van der Waals surface area (Å²) in [6.45, 7) is 2.59. The first-order valence-electron chi connectivity index (χ1n) is 10.5. The molecule has 0 aliphatic rings. The Balaban J connectivity index is 1.81. The first-order chi connectivity index (χ1) is 16.1. The topological polar surface area (TPSA) is 96.4 Å². The van der Waals surface area contributed by atoms with Gasteiger partial charge in [-0.05, 0) is 36.8 Å². The summed E-state index contributed by atoms with van der Waals surface area (Å²) in [5.74, 6) is 1.29. The van der Waals surface area contributed by atoms with Crippen molar-refractivity contribution in [1.82, 2.24) is 24.2 Å². The zero-order valence-electron chi connectivity index (χ0n) is 18.5. The Morgan fingerprint density at radius 1 is 1.00 bits per heavy atom. The highest BCUT2D eigenvalue weighted by Crippen LogP contribution is 2.25. The number of para-hydroxylation sites is 2. The summed E-state index contributed by atoms with van der Waals surface area (Å²) in [5.41, 5.74) is 3.40. The number of methoxy groups -OCH3 is 2. The minimum Gasteiger partial charge on any atom is -0.497 e. The fourth-order valence-corrected chi connectivity index (χ4v) is 3.82. The number of hydrogen-bond donors (Lipinski definition) is 0. The van der Waals surface area contributed by atoms with Crippen molar-refractivity contribution < 1.29 is 9.47 Å². The smallest absolute Gasteiger partial charge is 0.265 e. The molecule has 0 amide bonds. The lowest BCUT2D eigenvalue weighted by Gasteiger charge is -2.08. The molecule has 3 aromatic heterocycles. The largest absolute Gasteiger partial charge is 0.497 e. The summed E-state index contributed by atoms with van der Waals surface area (Å²) < 4.78 is 13.6. The Kier molecular flexibility index (Phi) is 5.31. The molecule has 0 fully saturated rings. The van der Waals surface area contributed by atoms with E-state index in [1.807, 2.05) is 48.5 Å². The zero-order valence-corrected chi connectivity index (χ0v) is 18.5. The number of fused-ring (bicyclic) bond motifs is 4. The van der Waals surface area contributed by atoms with Gasteiger partial charge in [0.05, 0.1) is 37.5 Å². The van der Waals surface area contributed by atoms with Crippen molar-refractivity contribution >= 4 is 39.4 Å². The van der Waals surface area contributed by atoms with Crippen LogP contribution in [0.3, 0.4) is 0 Å². The van der Waals surface area contributed by atoms with Gasteiger partial charge in [-0.25, -0.2) is 15.0 Å². The molecule has 0 unspecified atom stereocenters. The second kappa shape index (κ2) is 8.44. The molecule has 5 rings (SSSR count). The third kappa shape index (κ3) is 3.62. The van der Waals surface area contributed by atoms with Gasteiger partial charge in [-0.3, -0.25) is 9.36 Å². The first kappa shape index (κ1) is 20.8. The van der Waals surface area contributed by atoms with Crippen LogP contribution in [0.25, 0.3) is 33.2 Å². The van der Waals surface area contributed by atoms with Gasteiger partial charge < -0.3 is 9.47 Å². The van der Waals surface area contributed by atoms with Crippen molar-refractivity contribution in [3.05, 3.63) is 70.3 Å². The van der Waals surface area contributed by atoms with Gasteiger partial charge in [0.1, 0.15) is 22.5 Å². The van der Waals surface area contributed by atoms with E-state index in [4.69, 9.17) is 24.4 Å². The van der Waals surface area contributed by atoms with Crippen molar-refractivity contribution in [1.29, 1.82) is 0 Å². The predicted octanol–water partition coefficient (Wildman–Crippen LogP) is 3.14. The molecule has 0 aliphatic heterocycles. The third-order valence-corrected chi connectivity index (χ3v) is 5.47. The minimum atomic E-state index is -0.195. The van der Waals surface area contributed by atoms with Crippen LogP contribution in [0.5, 0.6) is 5.75 Å². The summed E-state index contributed by atoms with van der Waals surface area (Å²) >= 11 is 0. The lowest BCUT2D eigenvalue weighted by Crippen LogP contribution is -2.25. The number of rotatable bonds is 6. The second-order valence-electron chi connectivity index (χ2n) is 7.52. The number of hydrogen-bond acceptors (Lipinski definition) is 7. The maximum absolute atomic E-state index is 13.5. The van der Waals surface area contributed by atoms with Crippen LogP contribution in [0.4, 0.5) is 0 Å². The van der Waals surface area contributed by atoms with Crippen LogP contribution >= 0.6 is 0 Å². The molecule has 5 aromatic rings. The van der Waals surface area contributed by atoms with Gasteiger partial charge in [0.25, 0.3) is 5.56 Å². The minimum absolute atomic E-state index is 0.195. The Hall–Kier alpha value is -4.11. The third-order valence-electron chi connectivity index (χ3n) is 5.47. The number of nitrogens with zero attached hydrogens (tertiary/aromatic N) is 6. The highest BCUT2D eigenvalue weighted by atomic mass is 16.5. The van der Waals surface area contributed by atoms with Gasteiger partial charge in [-0.2, -0.15) is 9.78 Å². The van der Waals surface area contributed by atoms with E-state index in [1.165, 1.54) is 0 Å². The fraction of sp³-hybridized carbons (Fsp3) is 0.208. The molecule has 0 atom stereocenters. The summed E-state index contributed by atoms with van der Waals surface area (Å²) in [6, 6.07) is 15.1. The number of ether oxygens (including phenoxy) is 2. The van der Waals surface area contributed by atoms with E-state index >= 15 is 0 Å². The Labute approximate surface area is 188 Å². The monoisotopic (exact) mass is 442 g/mol. The van der Waals surface area contributed by atoms with Gasteiger partial charge in [-0.15, -0.1) is 0 Å². The summed E-state index contributed by atoms with van der Waals surface area (Å²) in [5, 5.41) is 5.03. The average molecular weight is 442 g/mol. The van der Waals surface area contributed by atoms with Gasteiger partial charge in [-0.1, -0.05) is 24.3 Å². The van der Waals surface area contributed by atoms with E-state index in [9.17, 15) is 4.79 Å². The zero-order chi connectivity index (χ0) is 22.9. The van der Waals surface area contributed by atoms with Crippen molar-refractivity contribution in [3.63, 3.8) is 0 Å². The molecule has 2 aromatic carbocycles. The highest BCUT2D eigenvalue weighted by Gasteiger charge is 2.21. The van der Waals surface area contributed by atoms with Crippen molar-refractivity contribution in [2.75, 3.05) is 20.8 Å². The quantitative estimate of drug-likeness (QED) is 0.375. The molecule has 0 bridgehead atoms. The van der Waals surface area contributed by atoms with E-state index in [0.717, 1.165) is 11.3 Å². The van der Waals surface area contributed by atoms with Gasteiger partial charge >= 0.3 is 0 Å². The van der Waals surface area contributed by atoms with Crippen LogP contribution < -0.4 is 10.3 Å². The second-order valence-corrected chi connectivity index (χ2v) is 7.52. The van der Waals surface area contributed by atoms with Crippen LogP contribution in [0.1, 0.15) is 11.4 Å². The van der Waals surface area contributed by atoms with Crippen LogP contribution in [-0.4, -0.2) is 51.2 Å². The van der Waals surface area contributed by atoms with Crippen LogP contribution in [0, 0.1) is 6.92 Å². The van der Waals surface area contributed by atoms with E-state index in [-0.39, 0.29) is 5.56 Å². The Bertz CT molecular complexity index is 1580. The average Bonchev–Trinajstić information content (AvgIpc) is 3.13. The van der Waals surface area contributed by atoms with Crippen molar-refractivity contribution in [2.45, 2.75) is 13.5 Å². The number of benzene rings is 2. The molecule has 0 radical (unpaired) electrons. The standard InChI is InChI=1S/C24H22N6O3/c1-15-26-22-20(24(31)29(15)11-12-32-2)21-23(28-19-10-5-4-9-18(19)27-21)30(22)25-14-16-7-6-8-17(13-16)33-3/h4-10,13-14H,11-12H2,1-3H3.